The molecule has 0 unspecified atom stereocenters. The molecule has 1 amide bonds. The molecule has 2 bridgehead atoms. The Kier molecular flexibility index (Phi) is 4.23. The number of nitrogens with zero attached hydrogens (tertiary/aromatic N) is 4. The Bertz CT molecular complexity index is 906. The number of aryl methyl sites for hydroxylation is 1. The van der Waals surface area contributed by atoms with Gasteiger partial charge in [-0.2, -0.15) is 5.10 Å². The number of aromatic nitrogens is 2. The number of amides is 1. The minimum absolute atomic E-state index is 0.0365. The zero-order valence-electron chi connectivity index (χ0n) is 15.9. The van der Waals surface area contributed by atoms with Crippen LogP contribution >= 0.6 is 0 Å². The molecule has 28 heavy (non-hydrogen) atoms. The van der Waals surface area contributed by atoms with E-state index in [4.69, 9.17) is 0 Å². The number of piperidine rings is 3. The van der Waals surface area contributed by atoms with Crippen LogP contribution in [0.3, 0.4) is 0 Å². The van der Waals surface area contributed by atoms with Crippen LogP contribution in [0.25, 0.3) is 0 Å². The van der Waals surface area contributed by atoms with E-state index < -0.39 is 11.6 Å². The highest BCUT2D eigenvalue weighted by molar-refractivity contribution is 5.93. The summed E-state index contributed by atoms with van der Waals surface area (Å²) in [7, 11) is 0. The molecule has 4 saturated heterocycles. The molecule has 0 spiro atoms. The number of carbonyl (C=O) groups is 1. The standard InChI is InChI=1S/C21H24F2N4O/c1-2-26-11-8-17(24-26)21(28)27-12-15(14-4-3-5-16(22)18(14)23)20-19(27)13-6-9-25(20)10-7-13/h3-5,8,11,13,15,19-20H,2,6-7,9-10,12H2,1H3/t15-,19+,20+/m1/s1. The van der Waals surface area contributed by atoms with Gasteiger partial charge in [0, 0.05) is 31.2 Å². The van der Waals surface area contributed by atoms with Gasteiger partial charge in [0.1, 0.15) is 5.69 Å². The molecule has 1 aromatic carbocycles. The summed E-state index contributed by atoms with van der Waals surface area (Å²) in [5.41, 5.74) is 0.814. The molecule has 4 aliphatic rings. The Morgan fingerprint density at radius 1 is 1.18 bits per heavy atom. The van der Waals surface area contributed by atoms with Crippen molar-refractivity contribution in [1.29, 1.82) is 0 Å². The molecule has 4 fully saturated rings. The minimum Gasteiger partial charge on any atom is -0.332 e. The lowest BCUT2D eigenvalue weighted by molar-refractivity contribution is -0.00378. The van der Waals surface area contributed by atoms with Crippen LogP contribution in [-0.2, 0) is 6.54 Å². The average molecular weight is 386 g/mol. The van der Waals surface area contributed by atoms with Gasteiger partial charge in [0.15, 0.2) is 11.6 Å². The summed E-state index contributed by atoms with van der Waals surface area (Å²) in [6, 6.07) is 6.21. The van der Waals surface area contributed by atoms with E-state index in [1.165, 1.54) is 0 Å². The van der Waals surface area contributed by atoms with Crippen molar-refractivity contribution in [1.82, 2.24) is 19.6 Å². The van der Waals surface area contributed by atoms with Crippen molar-refractivity contribution in [3.63, 3.8) is 0 Å². The van der Waals surface area contributed by atoms with Crippen molar-refractivity contribution >= 4 is 5.91 Å². The SMILES string of the molecule is CCn1ccc(C(=O)N2C[C@H](c3cccc(F)c3F)[C@H]3[C@@H]2C2CCN3CC2)n1. The maximum absolute atomic E-state index is 14.6. The highest BCUT2D eigenvalue weighted by Crippen LogP contribution is 2.47. The molecule has 1 aromatic heterocycles. The van der Waals surface area contributed by atoms with E-state index in [9.17, 15) is 13.6 Å². The largest absolute Gasteiger partial charge is 0.332 e. The third-order valence-corrected chi connectivity index (χ3v) is 6.82. The first-order valence-electron chi connectivity index (χ1n) is 10.1. The minimum atomic E-state index is -0.823. The van der Waals surface area contributed by atoms with E-state index in [0.29, 0.717) is 30.3 Å². The molecule has 0 radical (unpaired) electrons. The summed E-state index contributed by atoms with van der Waals surface area (Å²) in [5.74, 6) is -1.51. The maximum Gasteiger partial charge on any atom is 0.274 e. The third kappa shape index (κ3) is 2.59. The molecule has 4 aliphatic heterocycles. The summed E-state index contributed by atoms with van der Waals surface area (Å²) >= 11 is 0. The van der Waals surface area contributed by atoms with Crippen LogP contribution < -0.4 is 0 Å². The molecule has 3 atom stereocenters. The molecule has 5 nitrogen and oxygen atoms in total. The maximum atomic E-state index is 14.6. The van der Waals surface area contributed by atoms with Gasteiger partial charge in [0.2, 0.25) is 0 Å². The molecule has 148 valence electrons. The lowest BCUT2D eigenvalue weighted by Gasteiger charge is -2.51. The van der Waals surface area contributed by atoms with E-state index in [1.807, 2.05) is 11.8 Å². The van der Waals surface area contributed by atoms with Gasteiger partial charge in [-0.1, -0.05) is 12.1 Å². The van der Waals surface area contributed by atoms with Crippen molar-refractivity contribution in [2.45, 2.75) is 44.3 Å². The fourth-order valence-electron chi connectivity index (χ4n) is 5.53. The monoisotopic (exact) mass is 386 g/mol. The van der Waals surface area contributed by atoms with Crippen LogP contribution in [0.1, 0.15) is 41.7 Å². The van der Waals surface area contributed by atoms with Gasteiger partial charge in [-0.3, -0.25) is 14.4 Å². The summed E-state index contributed by atoms with van der Waals surface area (Å²) < 4.78 is 30.3. The van der Waals surface area contributed by atoms with Crippen LogP contribution in [0.5, 0.6) is 0 Å². The van der Waals surface area contributed by atoms with Crippen LogP contribution in [0, 0.1) is 17.6 Å². The van der Waals surface area contributed by atoms with Gasteiger partial charge in [-0.25, -0.2) is 8.78 Å². The summed E-state index contributed by atoms with van der Waals surface area (Å²) in [4.78, 5) is 17.6. The molecular formula is C21H24F2N4O. The predicted octanol–water partition coefficient (Wildman–Crippen LogP) is 2.88. The quantitative estimate of drug-likeness (QED) is 0.815. The second kappa shape index (κ2) is 6.65. The molecule has 2 aromatic rings. The number of likely N-dealkylation sites (tertiary alicyclic amines) is 1. The highest BCUT2D eigenvalue weighted by Gasteiger charge is 2.55. The number of hydrogen-bond donors (Lipinski definition) is 0. The van der Waals surface area contributed by atoms with E-state index in [-0.39, 0.29) is 23.9 Å². The first-order chi connectivity index (χ1) is 13.6. The van der Waals surface area contributed by atoms with Crippen LogP contribution in [-0.4, -0.2) is 57.2 Å². The zero-order chi connectivity index (χ0) is 19.4. The lowest BCUT2D eigenvalue weighted by atomic mass is 9.75. The zero-order valence-corrected chi connectivity index (χ0v) is 15.9. The predicted molar refractivity (Wildman–Crippen MR) is 99.9 cm³/mol. The second-order valence-electron chi connectivity index (χ2n) is 8.12. The van der Waals surface area contributed by atoms with Crippen molar-refractivity contribution in [3.8, 4) is 0 Å². The highest BCUT2D eigenvalue weighted by atomic mass is 19.2. The molecule has 7 heteroatoms. The van der Waals surface area contributed by atoms with Gasteiger partial charge in [-0.05, 0) is 56.5 Å². The third-order valence-electron chi connectivity index (χ3n) is 6.82. The first-order valence-corrected chi connectivity index (χ1v) is 10.1. The Morgan fingerprint density at radius 2 is 1.96 bits per heavy atom. The Balaban J connectivity index is 1.54. The first kappa shape index (κ1) is 17.8. The van der Waals surface area contributed by atoms with Gasteiger partial charge >= 0.3 is 0 Å². The van der Waals surface area contributed by atoms with E-state index in [0.717, 1.165) is 32.0 Å². The second-order valence-corrected chi connectivity index (χ2v) is 8.12. The molecule has 6 rings (SSSR count). The number of benzene rings is 1. The van der Waals surface area contributed by atoms with Gasteiger partial charge in [-0.15, -0.1) is 0 Å². The normalized spacial score (nSPS) is 31.2. The van der Waals surface area contributed by atoms with Crippen molar-refractivity contribution in [2.24, 2.45) is 5.92 Å². The summed E-state index contributed by atoms with van der Waals surface area (Å²) in [6.45, 7) is 5.01. The molecule has 0 saturated carbocycles. The average Bonchev–Trinajstić information content (AvgIpc) is 3.37. The van der Waals surface area contributed by atoms with Crippen LogP contribution in [0.2, 0.25) is 0 Å². The van der Waals surface area contributed by atoms with Gasteiger partial charge in [0.25, 0.3) is 5.91 Å². The summed E-state index contributed by atoms with van der Waals surface area (Å²) in [6.07, 6.45) is 3.90. The van der Waals surface area contributed by atoms with Crippen molar-refractivity contribution in [2.75, 3.05) is 19.6 Å². The van der Waals surface area contributed by atoms with Crippen molar-refractivity contribution in [3.05, 3.63) is 53.4 Å². The number of rotatable bonds is 3. The Morgan fingerprint density at radius 3 is 2.68 bits per heavy atom. The molecule has 0 N–H and O–H groups in total. The number of hydrogen-bond acceptors (Lipinski definition) is 3. The summed E-state index contributed by atoms with van der Waals surface area (Å²) in [5, 5.41) is 4.38. The molecule has 0 aliphatic carbocycles. The van der Waals surface area contributed by atoms with Crippen LogP contribution in [0.15, 0.2) is 30.5 Å². The van der Waals surface area contributed by atoms with E-state index in [1.54, 1.807) is 29.1 Å². The fourth-order valence-corrected chi connectivity index (χ4v) is 5.53. The fraction of sp³-hybridized carbons (Fsp3) is 0.524. The van der Waals surface area contributed by atoms with E-state index >= 15 is 0 Å². The van der Waals surface area contributed by atoms with Crippen molar-refractivity contribution < 1.29 is 13.6 Å². The number of carbonyl (C=O) groups excluding carboxylic acids is 1. The molecular weight excluding hydrogens is 362 g/mol. The number of fused-ring (bicyclic) bond motifs is 2. The van der Waals surface area contributed by atoms with Gasteiger partial charge < -0.3 is 4.90 Å². The van der Waals surface area contributed by atoms with Crippen LogP contribution in [0.4, 0.5) is 8.78 Å². The smallest absolute Gasteiger partial charge is 0.274 e. The molecule has 5 heterocycles. The Labute approximate surface area is 162 Å². The van der Waals surface area contributed by atoms with E-state index in [2.05, 4.69) is 10.00 Å². The van der Waals surface area contributed by atoms with Gasteiger partial charge in [0.05, 0.1) is 6.04 Å². The Hall–Kier alpha value is -2.28. The lowest BCUT2D eigenvalue weighted by Crippen LogP contribution is -2.60. The number of halogens is 2. The topological polar surface area (TPSA) is 41.4 Å².